The molecule has 0 radical (unpaired) electrons. The number of ether oxygens (including phenoxy) is 3. The second kappa shape index (κ2) is 10.2. The second-order valence-corrected chi connectivity index (χ2v) is 7.37. The summed E-state index contributed by atoms with van der Waals surface area (Å²) in [6.45, 7) is -0.0175. The Bertz CT molecular complexity index is 1390. The third kappa shape index (κ3) is 4.89. The van der Waals surface area contributed by atoms with Gasteiger partial charge in [-0.15, -0.1) is 0 Å². The summed E-state index contributed by atoms with van der Waals surface area (Å²) in [5, 5.41) is 4.54. The molecule has 0 aliphatic heterocycles. The number of benzene rings is 3. The van der Waals surface area contributed by atoms with Crippen LogP contribution in [-0.2, 0) is 16.1 Å². The number of para-hydroxylation sites is 1. The van der Waals surface area contributed by atoms with Gasteiger partial charge in [0.25, 0.3) is 0 Å². The first-order valence-electron chi connectivity index (χ1n) is 10.4. The highest BCUT2D eigenvalue weighted by atomic mass is 19.2. The van der Waals surface area contributed by atoms with Gasteiger partial charge >= 0.3 is 11.9 Å². The molecule has 0 spiro atoms. The summed E-state index contributed by atoms with van der Waals surface area (Å²) in [6.07, 6.45) is 0. The largest absolute Gasteiger partial charge is 0.489 e. The number of hydrogen-bond donors (Lipinski definition) is 0. The topological polar surface area (TPSA) is 79.7 Å². The summed E-state index contributed by atoms with van der Waals surface area (Å²) in [5.41, 5.74) is 1.46. The van der Waals surface area contributed by atoms with E-state index in [1.807, 2.05) is 0 Å². The van der Waals surface area contributed by atoms with Crippen LogP contribution in [0.1, 0.15) is 26.4 Å². The van der Waals surface area contributed by atoms with E-state index in [4.69, 9.17) is 14.2 Å². The summed E-state index contributed by atoms with van der Waals surface area (Å²) in [5.74, 6) is -3.06. The molecule has 178 valence electrons. The Morgan fingerprint density at radius 2 is 1.60 bits per heavy atom. The van der Waals surface area contributed by atoms with Gasteiger partial charge < -0.3 is 14.2 Å². The molecule has 4 rings (SSSR count). The molecule has 9 heteroatoms. The Kier molecular flexibility index (Phi) is 6.86. The summed E-state index contributed by atoms with van der Waals surface area (Å²) in [4.78, 5) is 25.5. The lowest BCUT2D eigenvalue weighted by Gasteiger charge is -2.09. The molecule has 0 saturated carbocycles. The van der Waals surface area contributed by atoms with Crippen LogP contribution in [0.5, 0.6) is 5.75 Å². The van der Waals surface area contributed by atoms with Crippen molar-refractivity contribution < 1.29 is 32.6 Å². The van der Waals surface area contributed by atoms with Gasteiger partial charge in [0.2, 0.25) is 0 Å². The molecule has 0 aliphatic rings. The van der Waals surface area contributed by atoms with E-state index in [0.29, 0.717) is 22.6 Å². The predicted octanol–water partition coefficient (Wildman–Crippen LogP) is 4.97. The van der Waals surface area contributed by atoms with Crippen LogP contribution in [0.3, 0.4) is 0 Å². The Morgan fingerprint density at radius 1 is 0.857 bits per heavy atom. The van der Waals surface area contributed by atoms with E-state index in [0.717, 1.165) is 12.1 Å². The molecule has 0 N–H and O–H groups in total. The van der Waals surface area contributed by atoms with E-state index in [9.17, 15) is 18.4 Å². The fraction of sp³-hybridized carbons (Fsp3) is 0.115. The van der Waals surface area contributed by atoms with Gasteiger partial charge in [0, 0.05) is 5.56 Å². The molecule has 1 heterocycles. The first kappa shape index (κ1) is 23.6. The van der Waals surface area contributed by atoms with Gasteiger partial charge in [-0.1, -0.05) is 36.4 Å². The standard InChI is InChI=1S/C26H20F2N2O5/c1-33-25(31)22-23(29-30(24(22)26(32)34-2)18-8-4-3-5-9-18)17-7-6-10-19(14-17)35-15-16-11-12-20(27)21(28)13-16/h3-14H,15H2,1-2H3. The number of aromatic nitrogens is 2. The van der Waals surface area contributed by atoms with Crippen LogP contribution in [0.4, 0.5) is 8.78 Å². The van der Waals surface area contributed by atoms with Gasteiger partial charge in [0.1, 0.15) is 23.6 Å². The van der Waals surface area contributed by atoms with Gasteiger partial charge in [0.05, 0.1) is 19.9 Å². The van der Waals surface area contributed by atoms with Crippen LogP contribution >= 0.6 is 0 Å². The maximum atomic E-state index is 13.5. The molecule has 1 aromatic heterocycles. The Morgan fingerprint density at radius 3 is 2.29 bits per heavy atom. The van der Waals surface area contributed by atoms with Crippen molar-refractivity contribution in [2.45, 2.75) is 6.61 Å². The van der Waals surface area contributed by atoms with Crippen molar-refractivity contribution in [3.63, 3.8) is 0 Å². The van der Waals surface area contributed by atoms with Gasteiger partial charge in [-0.2, -0.15) is 5.10 Å². The number of carbonyl (C=O) groups excluding carboxylic acids is 2. The van der Waals surface area contributed by atoms with Crippen LogP contribution in [0.2, 0.25) is 0 Å². The number of methoxy groups -OCH3 is 2. The quantitative estimate of drug-likeness (QED) is 0.349. The van der Waals surface area contributed by atoms with E-state index < -0.39 is 23.6 Å². The van der Waals surface area contributed by atoms with Crippen LogP contribution in [-0.4, -0.2) is 35.9 Å². The lowest BCUT2D eigenvalue weighted by Crippen LogP contribution is -2.15. The molecule has 4 aromatic rings. The van der Waals surface area contributed by atoms with Gasteiger partial charge in [-0.3, -0.25) is 0 Å². The number of carbonyl (C=O) groups is 2. The maximum Gasteiger partial charge on any atom is 0.357 e. The summed E-state index contributed by atoms with van der Waals surface area (Å²) in [6, 6.07) is 18.9. The zero-order valence-corrected chi connectivity index (χ0v) is 18.8. The summed E-state index contributed by atoms with van der Waals surface area (Å²) < 4.78 is 43.6. The predicted molar refractivity (Wildman–Crippen MR) is 122 cm³/mol. The molecule has 35 heavy (non-hydrogen) atoms. The zero-order valence-electron chi connectivity index (χ0n) is 18.8. The first-order valence-corrected chi connectivity index (χ1v) is 10.4. The highest BCUT2D eigenvalue weighted by molar-refractivity contribution is 6.06. The van der Waals surface area contributed by atoms with Crippen LogP contribution in [0.25, 0.3) is 16.9 Å². The highest BCUT2D eigenvalue weighted by Gasteiger charge is 2.31. The molecule has 0 fully saturated rings. The van der Waals surface area contributed by atoms with Gasteiger partial charge in [0.15, 0.2) is 17.3 Å². The normalized spacial score (nSPS) is 10.6. The summed E-state index contributed by atoms with van der Waals surface area (Å²) in [7, 11) is 2.41. The Labute approximate surface area is 199 Å². The Balaban J connectivity index is 1.77. The number of nitrogens with zero attached hydrogens (tertiary/aromatic N) is 2. The molecule has 0 atom stereocenters. The fourth-order valence-corrected chi connectivity index (χ4v) is 3.49. The monoisotopic (exact) mass is 478 g/mol. The summed E-state index contributed by atoms with van der Waals surface area (Å²) >= 11 is 0. The third-order valence-electron chi connectivity index (χ3n) is 5.15. The van der Waals surface area contributed by atoms with Crippen molar-refractivity contribution in [2.24, 2.45) is 0 Å². The SMILES string of the molecule is COC(=O)c1c(-c2cccc(OCc3ccc(F)c(F)c3)c2)nn(-c2ccccc2)c1C(=O)OC. The number of rotatable bonds is 7. The van der Waals surface area contributed by atoms with Gasteiger partial charge in [-0.25, -0.2) is 23.1 Å². The lowest BCUT2D eigenvalue weighted by molar-refractivity contribution is 0.0549. The molecule has 0 saturated heterocycles. The second-order valence-electron chi connectivity index (χ2n) is 7.37. The lowest BCUT2D eigenvalue weighted by atomic mass is 10.1. The molecule has 0 aliphatic carbocycles. The molecule has 7 nitrogen and oxygen atoms in total. The van der Waals surface area contributed by atoms with Crippen LogP contribution < -0.4 is 4.74 Å². The van der Waals surface area contributed by atoms with E-state index in [1.54, 1.807) is 54.6 Å². The van der Waals surface area contributed by atoms with Crippen molar-refractivity contribution in [1.29, 1.82) is 0 Å². The average molecular weight is 478 g/mol. The van der Waals surface area contributed by atoms with Crippen molar-refractivity contribution in [3.8, 4) is 22.7 Å². The zero-order chi connectivity index (χ0) is 24.9. The molecular formula is C26H20F2N2O5. The smallest absolute Gasteiger partial charge is 0.357 e. The highest BCUT2D eigenvalue weighted by Crippen LogP contribution is 2.31. The van der Waals surface area contributed by atoms with Crippen molar-refractivity contribution in [1.82, 2.24) is 9.78 Å². The minimum atomic E-state index is -0.968. The van der Waals surface area contributed by atoms with Crippen molar-refractivity contribution in [3.05, 3.63) is 101 Å². The minimum Gasteiger partial charge on any atom is -0.489 e. The number of esters is 2. The van der Waals surface area contributed by atoms with Crippen molar-refractivity contribution >= 4 is 11.9 Å². The number of hydrogen-bond acceptors (Lipinski definition) is 6. The minimum absolute atomic E-state index is 0.0175. The maximum absolute atomic E-state index is 13.5. The molecular weight excluding hydrogens is 458 g/mol. The first-order chi connectivity index (χ1) is 16.9. The number of halogens is 2. The molecule has 3 aromatic carbocycles. The average Bonchev–Trinajstić information content (AvgIpc) is 3.30. The fourth-order valence-electron chi connectivity index (χ4n) is 3.49. The Hall–Kier alpha value is -4.53. The molecule has 0 unspecified atom stereocenters. The molecule has 0 amide bonds. The van der Waals surface area contributed by atoms with E-state index >= 15 is 0 Å². The molecule has 0 bridgehead atoms. The van der Waals surface area contributed by atoms with E-state index in [1.165, 1.54) is 25.0 Å². The van der Waals surface area contributed by atoms with E-state index in [-0.39, 0.29) is 23.6 Å². The van der Waals surface area contributed by atoms with Crippen LogP contribution in [0.15, 0.2) is 72.8 Å². The van der Waals surface area contributed by atoms with Crippen molar-refractivity contribution in [2.75, 3.05) is 14.2 Å². The van der Waals surface area contributed by atoms with E-state index in [2.05, 4.69) is 5.10 Å². The van der Waals surface area contributed by atoms with Crippen LogP contribution in [0, 0.1) is 11.6 Å². The van der Waals surface area contributed by atoms with Gasteiger partial charge in [-0.05, 0) is 42.0 Å². The third-order valence-corrected chi connectivity index (χ3v) is 5.15.